The number of cyclic esters (lactones) is 1. The van der Waals surface area contributed by atoms with Crippen LogP contribution in [0.25, 0.3) is 0 Å². The zero-order chi connectivity index (χ0) is 9.47. The van der Waals surface area contributed by atoms with Crippen molar-refractivity contribution >= 4 is 5.97 Å². The summed E-state index contributed by atoms with van der Waals surface area (Å²) in [6, 6.07) is 0. The van der Waals surface area contributed by atoms with Crippen molar-refractivity contribution in [1.29, 1.82) is 0 Å². The first-order chi connectivity index (χ1) is 6.15. The predicted molar refractivity (Wildman–Crippen MR) is 47.1 cm³/mol. The van der Waals surface area contributed by atoms with Crippen molar-refractivity contribution in [1.82, 2.24) is 0 Å². The Kier molecular flexibility index (Phi) is 2.06. The lowest BCUT2D eigenvalue weighted by Gasteiger charge is -2.36. The Labute approximate surface area is 78.1 Å². The molecule has 1 aliphatic carbocycles. The summed E-state index contributed by atoms with van der Waals surface area (Å²) in [4.78, 5) is 11.7. The van der Waals surface area contributed by atoms with E-state index in [9.17, 15) is 9.90 Å². The second-order valence-electron chi connectivity index (χ2n) is 4.32. The van der Waals surface area contributed by atoms with E-state index >= 15 is 0 Å². The topological polar surface area (TPSA) is 46.5 Å². The summed E-state index contributed by atoms with van der Waals surface area (Å²) in [6.07, 6.45) is 3.77. The molecule has 1 saturated heterocycles. The largest absolute Gasteiger partial charge is 0.462 e. The maximum atomic E-state index is 11.7. The Morgan fingerprint density at radius 1 is 1.46 bits per heavy atom. The van der Waals surface area contributed by atoms with E-state index in [-0.39, 0.29) is 12.1 Å². The molecule has 0 bridgehead atoms. The second kappa shape index (κ2) is 2.98. The summed E-state index contributed by atoms with van der Waals surface area (Å²) in [6.45, 7) is 1.91. The molecule has 0 amide bonds. The Morgan fingerprint density at radius 3 is 2.77 bits per heavy atom. The zero-order valence-corrected chi connectivity index (χ0v) is 7.95. The van der Waals surface area contributed by atoms with Crippen molar-refractivity contribution in [3.8, 4) is 0 Å². The van der Waals surface area contributed by atoms with Gasteiger partial charge in [-0.15, -0.1) is 0 Å². The fourth-order valence-electron chi connectivity index (χ4n) is 2.51. The van der Waals surface area contributed by atoms with E-state index in [1.165, 1.54) is 0 Å². The van der Waals surface area contributed by atoms with Crippen LogP contribution in [0.2, 0.25) is 0 Å². The molecule has 1 aliphatic heterocycles. The molecule has 0 aromatic heterocycles. The highest BCUT2D eigenvalue weighted by molar-refractivity contribution is 5.78. The molecule has 2 fully saturated rings. The molecular formula is C10H16O3. The van der Waals surface area contributed by atoms with Crippen LogP contribution in [0.5, 0.6) is 0 Å². The molecule has 3 atom stereocenters. The molecule has 0 radical (unpaired) electrons. The van der Waals surface area contributed by atoms with Gasteiger partial charge < -0.3 is 9.84 Å². The number of hydrogen-bond donors (Lipinski definition) is 1. The number of carbonyl (C=O) groups excluding carboxylic acids is 1. The molecule has 13 heavy (non-hydrogen) atoms. The first kappa shape index (κ1) is 9.00. The summed E-state index contributed by atoms with van der Waals surface area (Å²) < 4.78 is 5.20. The molecule has 2 aliphatic rings. The minimum atomic E-state index is -0.535. The Balaban J connectivity index is 2.18. The first-order valence-corrected chi connectivity index (χ1v) is 5.04. The first-order valence-electron chi connectivity index (χ1n) is 5.04. The van der Waals surface area contributed by atoms with Crippen molar-refractivity contribution in [2.45, 2.75) is 51.2 Å². The number of carbonyl (C=O) groups is 1. The van der Waals surface area contributed by atoms with E-state index < -0.39 is 11.5 Å². The number of esters is 1. The van der Waals surface area contributed by atoms with Gasteiger partial charge in [0.1, 0.15) is 0 Å². The lowest BCUT2D eigenvalue weighted by molar-refractivity contribution is -0.175. The van der Waals surface area contributed by atoms with Gasteiger partial charge >= 0.3 is 5.97 Å². The van der Waals surface area contributed by atoms with Gasteiger partial charge in [0.2, 0.25) is 0 Å². The lowest BCUT2D eigenvalue weighted by Crippen LogP contribution is -2.45. The minimum Gasteiger partial charge on any atom is -0.462 e. The molecule has 1 N–H and O–H groups in total. The van der Waals surface area contributed by atoms with E-state index in [4.69, 9.17) is 4.74 Å². The SMILES string of the molecule is CC1CCC2(CCCC2O)C(=O)O1. The van der Waals surface area contributed by atoms with Crippen LogP contribution in [-0.2, 0) is 9.53 Å². The fraction of sp³-hybridized carbons (Fsp3) is 0.900. The van der Waals surface area contributed by atoms with Crippen LogP contribution in [0.15, 0.2) is 0 Å². The van der Waals surface area contributed by atoms with Gasteiger partial charge in [-0.3, -0.25) is 4.79 Å². The Hall–Kier alpha value is -0.570. The summed E-state index contributed by atoms with van der Waals surface area (Å²) in [5, 5.41) is 9.76. The Morgan fingerprint density at radius 2 is 2.23 bits per heavy atom. The molecule has 2 rings (SSSR count). The third kappa shape index (κ3) is 1.26. The summed E-state index contributed by atoms with van der Waals surface area (Å²) in [5.74, 6) is -0.170. The van der Waals surface area contributed by atoms with Crippen molar-refractivity contribution in [3.63, 3.8) is 0 Å². The van der Waals surface area contributed by atoms with Crippen molar-refractivity contribution < 1.29 is 14.6 Å². The third-order valence-corrected chi connectivity index (χ3v) is 3.45. The van der Waals surface area contributed by atoms with Crippen LogP contribution in [0.1, 0.15) is 39.0 Å². The highest BCUT2D eigenvalue weighted by Gasteiger charge is 2.51. The van der Waals surface area contributed by atoms with Crippen LogP contribution in [0.3, 0.4) is 0 Å². The quantitative estimate of drug-likeness (QED) is 0.576. The van der Waals surface area contributed by atoms with Crippen molar-refractivity contribution in [3.05, 3.63) is 0 Å². The molecule has 3 heteroatoms. The smallest absolute Gasteiger partial charge is 0.314 e. The zero-order valence-electron chi connectivity index (χ0n) is 7.95. The van der Waals surface area contributed by atoms with Crippen LogP contribution < -0.4 is 0 Å². The number of aliphatic hydroxyl groups excluding tert-OH is 1. The molecular weight excluding hydrogens is 168 g/mol. The number of hydrogen-bond acceptors (Lipinski definition) is 3. The monoisotopic (exact) mass is 184 g/mol. The number of rotatable bonds is 0. The van der Waals surface area contributed by atoms with Crippen molar-refractivity contribution in [2.75, 3.05) is 0 Å². The standard InChI is InChI=1S/C10H16O3/c1-7-4-6-10(9(12)13-7)5-2-3-8(10)11/h7-8,11H,2-6H2,1H3. The summed E-state index contributed by atoms with van der Waals surface area (Å²) in [7, 11) is 0. The van der Waals surface area contributed by atoms with Crippen molar-refractivity contribution in [2.24, 2.45) is 5.41 Å². The highest BCUT2D eigenvalue weighted by atomic mass is 16.5. The maximum Gasteiger partial charge on any atom is 0.314 e. The average Bonchev–Trinajstić information content (AvgIpc) is 2.43. The molecule has 0 aromatic carbocycles. The van der Waals surface area contributed by atoms with Crippen LogP contribution in [-0.4, -0.2) is 23.3 Å². The van der Waals surface area contributed by atoms with Gasteiger partial charge in [-0.25, -0.2) is 0 Å². The second-order valence-corrected chi connectivity index (χ2v) is 4.32. The molecule has 1 spiro atoms. The van der Waals surface area contributed by atoms with E-state index in [0.29, 0.717) is 0 Å². The van der Waals surface area contributed by atoms with E-state index in [0.717, 1.165) is 32.1 Å². The van der Waals surface area contributed by atoms with E-state index in [2.05, 4.69) is 0 Å². The number of ether oxygens (including phenoxy) is 1. The fourth-order valence-corrected chi connectivity index (χ4v) is 2.51. The van der Waals surface area contributed by atoms with E-state index in [1.54, 1.807) is 0 Å². The average molecular weight is 184 g/mol. The van der Waals surface area contributed by atoms with Crippen LogP contribution in [0, 0.1) is 5.41 Å². The maximum absolute atomic E-state index is 11.7. The molecule has 0 aromatic rings. The third-order valence-electron chi connectivity index (χ3n) is 3.45. The lowest BCUT2D eigenvalue weighted by atomic mass is 9.77. The van der Waals surface area contributed by atoms with Gasteiger partial charge in [0, 0.05) is 0 Å². The van der Waals surface area contributed by atoms with E-state index in [1.807, 2.05) is 6.92 Å². The van der Waals surface area contributed by atoms with Crippen LogP contribution in [0.4, 0.5) is 0 Å². The summed E-state index contributed by atoms with van der Waals surface area (Å²) >= 11 is 0. The Bertz CT molecular complexity index is 226. The highest BCUT2D eigenvalue weighted by Crippen LogP contribution is 2.46. The molecule has 3 unspecified atom stereocenters. The normalized spacial score (nSPS) is 45.2. The predicted octanol–water partition coefficient (Wildman–Crippen LogP) is 1.24. The minimum absolute atomic E-state index is 0.0333. The van der Waals surface area contributed by atoms with Gasteiger partial charge in [0.05, 0.1) is 17.6 Å². The molecule has 3 nitrogen and oxygen atoms in total. The molecule has 1 heterocycles. The van der Waals surface area contributed by atoms with Gasteiger partial charge in [-0.1, -0.05) is 0 Å². The van der Waals surface area contributed by atoms with Crippen LogP contribution >= 0.6 is 0 Å². The van der Waals surface area contributed by atoms with Gasteiger partial charge in [-0.05, 0) is 39.0 Å². The summed E-state index contributed by atoms with van der Waals surface area (Å²) in [5.41, 5.74) is -0.535. The van der Waals surface area contributed by atoms with Gasteiger partial charge in [-0.2, -0.15) is 0 Å². The molecule has 1 saturated carbocycles. The molecule has 74 valence electrons. The number of aliphatic hydroxyl groups is 1. The van der Waals surface area contributed by atoms with Gasteiger partial charge in [0.15, 0.2) is 0 Å². The van der Waals surface area contributed by atoms with Gasteiger partial charge in [0.25, 0.3) is 0 Å².